The molecule has 0 aromatic heterocycles. The van der Waals surface area contributed by atoms with E-state index in [9.17, 15) is 8.42 Å². The van der Waals surface area contributed by atoms with Crippen LogP contribution in [0.3, 0.4) is 0 Å². The standard InChI is InChI=1S/C17H21NO2S/c1-12-6-8-15(9-7-12)21(19,20)18-10-16(4)13(2)17(5,11-18)14(16)3/h6-9H,2-3,10-11H2,1,4-5H3. The Morgan fingerprint density at radius 3 is 1.86 bits per heavy atom. The van der Waals surface area contributed by atoms with Crippen molar-refractivity contribution >= 4 is 10.0 Å². The number of sulfonamides is 1. The first kappa shape index (κ1) is 14.5. The number of aryl methyl sites for hydroxylation is 1. The normalized spacial score (nSPS) is 32.9. The summed E-state index contributed by atoms with van der Waals surface area (Å²) in [6.45, 7) is 15.2. The predicted molar refractivity (Wildman–Crippen MR) is 84.4 cm³/mol. The molecule has 1 aliphatic carbocycles. The molecule has 3 aliphatic rings. The fourth-order valence-electron chi connectivity index (χ4n) is 3.69. The van der Waals surface area contributed by atoms with E-state index in [-0.39, 0.29) is 10.8 Å². The first-order valence-electron chi connectivity index (χ1n) is 7.09. The second-order valence-electron chi connectivity index (χ2n) is 6.71. The van der Waals surface area contributed by atoms with E-state index in [1.807, 2.05) is 32.9 Å². The fourth-order valence-corrected chi connectivity index (χ4v) is 5.33. The number of nitrogens with zero attached hydrogens (tertiary/aromatic N) is 1. The van der Waals surface area contributed by atoms with E-state index < -0.39 is 10.0 Å². The summed E-state index contributed by atoms with van der Waals surface area (Å²) in [5, 5.41) is 0. The third-order valence-electron chi connectivity index (χ3n) is 5.31. The van der Waals surface area contributed by atoms with Crippen LogP contribution in [0.5, 0.6) is 0 Å². The molecule has 1 saturated carbocycles. The lowest BCUT2D eigenvalue weighted by molar-refractivity contribution is 0.0855. The molecule has 0 amide bonds. The van der Waals surface area contributed by atoms with Gasteiger partial charge < -0.3 is 0 Å². The summed E-state index contributed by atoms with van der Waals surface area (Å²) in [6.07, 6.45) is 0. The van der Waals surface area contributed by atoms with Crippen LogP contribution in [0.15, 0.2) is 53.5 Å². The minimum atomic E-state index is -3.45. The van der Waals surface area contributed by atoms with Gasteiger partial charge in [-0.1, -0.05) is 55.8 Å². The third kappa shape index (κ3) is 1.72. The van der Waals surface area contributed by atoms with Gasteiger partial charge in [0.1, 0.15) is 0 Å². The molecule has 1 aromatic carbocycles. The van der Waals surface area contributed by atoms with Crippen molar-refractivity contribution in [1.29, 1.82) is 0 Å². The van der Waals surface area contributed by atoms with E-state index in [2.05, 4.69) is 13.2 Å². The minimum absolute atomic E-state index is 0.287. The van der Waals surface area contributed by atoms with E-state index in [0.29, 0.717) is 18.0 Å². The van der Waals surface area contributed by atoms with Gasteiger partial charge in [0.2, 0.25) is 10.0 Å². The second kappa shape index (κ2) is 4.08. The van der Waals surface area contributed by atoms with Gasteiger partial charge in [-0.15, -0.1) is 0 Å². The average Bonchev–Trinajstić information content (AvgIpc) is 2.44. The molecule has 0 atom stereocenters. The van der Waals surface area contributed by atoms with E-state index in [4.69, 9.17) is 0 Å². The van der Waals surface area contributed by atoms with Crippen molar-refractivity contribution in [3.05, 3.63) is 54.1 Å². The molecule has 2 bridgehead atoms. The Morgan fingerprint density at radius 1 is 1.00 bits per heavy atom. The topological polar surface area (TPSA) is 37.4 Å². The van der Waals surface area contributed by atoms with Gasteiger partial charge in [0, 0.05) is 23.9 Å². The van der Waals surface area contributed by atoms with Crippen LogP contribution in [0.4, 0.5) is 0 Å². The van der Waals surface area contributed by atoms with Crippen LogP contribution in [0.2, 0.25) is 0 Å². The first-order chi connectivity index (χ1) is 9.62. The number of benzene rings is 1. The maximum atomic E-state index is 12.8. The number of rotatable bonds is 2. The predicted octanol–water partition coefficient (Wildman–Crippen LogP) is 3.14. The Bertz CT molecular complexity index is 703. The molecule has 0 radical (unpaired) electrons. The Balaban J connectivity index is 1.98. The molecule has 4 heteroatoms. The highest BCUT2D eigenvalue weighted by molar-refractivity contribution is 7.89. The number of hydrogen-bond acceptors (Lipinski definition) is 2. The highest BCUT2D eigenvalue weighted by Crippen LogP contribution is 2.65. The van der Waals surface area contributed by atoms with Crippen molar-refractivity contribution in [2.24, 2.45) is 10.8 Å². The van der Waals surface area contributed by atoms with Gasteiger partial charge in [0.25, 0.3) is 0 Å². The Kier molecular flexibility index (Phi) is 2.83. The molecule has 2 heterocycles. The summed E-state index contributed by atoms with van der Waals surface area (Å²) in [5.41, 5.74) is 2.69. The quantitative estimate of drug-likeness (QED) is 0.787. The largest absolute Gasteiger partial charge is 0.243 e. The van der Waals surface area contributed by atoms with Crippen molar-refractivity contribution in [2.45, 2.75) is 25.7 Å². The molecule has 112 valence electrons. The van der Waals surface area contributed by atoms with Crippen LogP contribution in [0, 0.1) is 17.8 Å². The SMILES string of the molecule is C=C1C2(C)CN(S(=O)(=O)c3ccc(C)cc3)CC1(C)C2=C. The zero-order valence-electron chi connectivity index (χ0n) is 12.8. The maximum Gasteiger partial charge on any atom is 0.243 e. The van der Waals surface area contributed by atoms with Crippen molar-refractivity contribution < 1.29 is 8.42 Å². The zero-order valence-corrected chi connectivity index (χ0v) is 13.6. The first-order valence-corrected chi connectivity index (χ1v) is 8.53. The van der Waals surface area contributed by atoms with Crippen molar-refractivity contribution in [3.8, 4) is 0 Å². The smallest absolute Gasteiger partial charge is 0.207 e. The summed E-state index contributed by atoms with van der Waals surface area (Å²) < 4.78 is 27.2. The summed E-state index contributed by atoms with van der Waals surface area (Å²) >= 11 is 0. The molecule has 21 heavy (non-hydrogen) atoms. The molecule has 3 nitrogen and oxygen atoms in total. The zero-order chi connectivity index (χ0) is 15.6. The van der Waals surface area contributed by atoms with Crippen LogP contribution in [0.25, 0.3) is 0 Å². The van der Waals surface area contributed by atoms with Gasteiger partial charge in [-0.05, 0) is 19.1 Å². The molecule has 1 aromatic rings. The van der Waals surface area contributed by atoms with Crippen LogP contribution in [-0.2, 0) is 10.0 Å². The molecule has 2 saturated heterocycles. The van der Waals surface area contributed by atoms with Crippen molar-refractivity contribution in [2.75, 3.05) is 13.1 Å². The molecule has 2 aliphatic heterocycles. The summed E-state index contributed by atoms with van der Waals surface area (Å²) in [5.74, 6) is 0. The lowest BCUT2D eigenvalue weighted by Gasteiger charge is -2.64. The molecular formula is C17H21NO2S. The van der Waals surface area contributed by atoms with Gasteiger partial charge in [-0.3, -0.25) is 0 Å². The van der Waals surface area contributed by atoms with Gasteiger partial charge in [0.05, 0.1) is 4.90 Å². The molecular weight excluding hydrogens is 282 g/mol. The Labute approximate surface area is 127 Å². The monoisotopic (exact) mass is 303 g/mol. The molecule has 4 rings (SSSR count). The summed E-state index contributed by atoms with van der Waals surface area (Å²) in [4.78, 5) is 0.359. The van der Waals surface area contributed by atoms with Gasteiger partial charge >= 0.3 is 0 Å². The molecule has 0 unspecified atom stereocenters. The maximum absolute atomic E-state index is 12.8. The number of piperidine rings is 2. The number of hydrogen-bond donors (Lipinski definition) is 0. The van der Waals surface area contributed by atoms with Crippen LogP contribution in [-0.4, -0.2) is 25.8 Å². The fraction of sp³-hybridized carbons (Fsp3) is 0.412. The van der Waals surface area contributed by atoms with Crippen LogP contribution in [0.1, 0.15) is 19.4 Å². The molecule has 3 fully saturated rings. The highest BCUT2D eigenvalue weighted by Gasteiger charge is 2.62. The Morgan fingerprint density at radius 2 is 1.43 bits per heavy atom. The van der Waals surface area contributed by atoms with E-state index >= 15 is 0 Å². The van der Waals surface area contributed by atoms with Gasteiger partial charge in [0.15, 0.2) is 0 Å². The van der Waals surface area contributed by atoms with Gasteiger partial charge in [-0.2, -0.15) is 4.31 Å². The van der Waals surface area contributed by atoms with E-state index in [1.165, 1.54) is 0 Å². The van der Waals surface area contributed by atoms with Crippen molar-refractivity contribution in [1.82, 2.24) is 4.31 Å². The van der Waals surface area contributed by atoms with Crippen molar-refractivity contribution in [3.63, 3.8) is 0 Å². The highest BCUT2D eigenvalue weighted by atomic mass is 32.2. The Hall–Kier alpha value is -1.39. The number of fused-ring (bicyclic) bond motifs is 2. The van der Waals surface area contributed by atoms with Crippen LogP contribution < -0.4 is 0 Å². The van der Waals surface area contributed by atoms with Gasteiger partial charge in [-0.25, -0.2) is 8.42 Å². The third-order valence-corrected chi connectivity index (χ3v) is 7.11. The molecule has 0 spiro atoms. The average molecular weight is 303 g/mol. The minimum Gasteiger partial charge on any atom is -0.207 e. The van der Waals surface area contributed by atoms with Crippen LogP contribution >= 0.6 is 0 Å². The lowest BCUT2D eigenvalue weighted by atomic mass is 9.46. The lowest BCUT2D eigenvalue weighted by Crippen LogP contribution is -2.64. The molecule has 0 N–H and O–H groups in total. The van der Waals surface area contributed by atoms with E-state index in [0.717, 1.165) is 16.7 Å². The summed E-state index contributed by atoms with van der Waals surface area (Å²) in [7, 11) is -3.45. The van der Waals surface area contributed by atoms with E-state index in [1.54, 1.807) is 16.4 Å². The second-order valence-corrected chi connectivity index (χ2v) is 8.65. The summed E-state index contributed by atoms with van der Waals surface area (Å²) in [6, 6.07) is 7.02.